The summed E-state index contributed by atoms with van der Waals surface area (Å²) in [5, 5.41) is 8.63. The molecule has 0 atom stereocenters. The number of nitrogen functional groups attached to an aromatic ring is 1. The van der Waals surface area contributed by atoms with Crippen LogP contribution in [0.5, 0.6) is 0 Å². The molecule has 104 valence electrons. The van der Waals surface area contributed by atoms with Gasteiger partial charge in [0.15, 0.2) is 11.3 Å². The number of aromatic carboxylic acids is 1. The lowest BCUT2D eigenvalue weighted by molar-refractivity contribution is 0.0690. The first-order chi connectivity index (χ1) is 10.1. The Morgan fingerprint density at radius 3 is 2.43 bits per heavy atom. The summed E-state index contributed by atoms with van der Waals surface area (Å²) in [6, 6.07) is 8.53. The zero-order valence-electron chi connectivity index (χ0n) is 10.9. The molecule has 2 aromatic heterocycles. The molecule has 7 nitrogen and oxygen atoms in total. The number of rotatable bonds is 1. The van der Waals surface area contributed by atoms with Crippen LogP contribution in [0.25, 0.3) is 11.2 Å². The molecule has 0 amide bonds. The zero-order chi connectivity index (χ0) is 14.8. The SMILES string of the molecule is Nc1ncc2nc(C(=O)O)cnc2n1.c1ccc2c(c1)C2. The third-order valence-corrected chi connectivity index (χ3v) is 2.91. The number of nitrogens with two attached hydrogens (primary N) is 1. The number of benzene rings is 1. The summed E-state index contributed by atoms with van der Waals surface area (Å²) >= 11 is 0. The quantitative estimate of drug-likeness (QED) is 0.540. The Labute approximate surface area is 119 Å². The molecule has 0 saturated heterocycles. The van der Waals surface area contributed by atoms with Gasteiger partial charge in [0.05, 0.1) is 12.4 Å². The predicted molar refractivity (Wildman–Crippen MR) is 75.7 cm³/mol. The van der Waals surface area contributed by atoms with Crippen LogP contribution in [-0.4, -0.2) is 31.0 Å². The van der Waals surface area contributed by atoms with E-state index < -0.39 is 5.97 Å². The normalized spacial score (nSPS) is 11.2. The molecule has 1 aliphatic rings. The van der Waals surface area contributed by atoms with Crippen molar-refractivity contribution in [2.45, 2.75) is 6.42 Å². The van der Waals surface area contributed by atoms with Crippen molar-refractivity contribution in [1.82, 2.24) is 19.9 Å². The van der Waals surface area contributed by atoms with Crippen molar-refractivity contribution >= 4 is 23.1 Å². The molecule has 0 bridgehead atoms. The summed E-state index contributed by atoms with van der Waals surface area (Å²) in [4.78, 5) is 25.6. The van der Waals surface area contributed by atoms with E-state index in [1.54, 1.807) is 0 Å². The minimum absolute atomic E-state index is 0.0786. The third kappa shape index (κ3) is 2.92. The van der Waals surface area contributed by atoms with Gasteiger partial charge < -0.3 is 10.8 Å². The molecule has 4 rings (SSSR count). The second kappa shape index (κ2) is 5.12. The van der Waals surface area contributed by atoms with Crippen molar-refractivity contribution in [2.24, 2.45) is 0 Å². The average molecular weight is 281 g/mol. The van der Waals surface area contributed by atoms with Gasteiger partial charge in [-0.25, -0.2) is 19.7 Å². The molecule has 0 aliphatic heterocycles. The van der Waals surface area contributed by atoms with Crippen molar-refractivity contribution in [2.75, 3.05) is 5.73 Å². The van der Waals surface area contributed by atoms with E-state index in [2.05, 4.69) is 44.2 Å². The molecule has 0 saturated carbocycles. The summed E-state index contributed by atoms with van der Waals surface area (Å²) in [7, 11) is 0. The summed E-state index contributed by atoms with van der Waals surface area (Å²) in [6.07, 6.45) is 3.70. The van der Waals surface area contributed by atoms with Gasteiger partial charge in [0.2, 0.25) is 5.95 Å². The van der Waals surface area contributed by atoms with Crippen molar-refractivity contribution in [3.63, 3.8) is 0 Å². The minimum Gasteiger partial charge on any atom is -0.476 e. The lowest BCUT2D eigenvalue weighted by Gasteiger charge is -1.97. The van der Waals surface area contributed by atoms with Crippen molar-refractivity contribution in [3.05, 3.63) is 53.5 Å². The number of hydrogen-bond donors (Lipinski definition) is 2. The number of anilines is 1. The van der Waals surface area contributed by atoms with E-state index in [1.807, 2.05) is 0 Å². The molecule has 0 spiro atoms. The molecular weight excluding hydrogens is 270 g/mol. The highest BCUT2D eigenvalue weighted by molar-refractivity contribution is 5.87. The Balaban J connectivity index is 0.000000156. The van der Waals surface area contributed by atoms with Crippen LogP contribution in [0, 0.1) is 0 Å². The van der Waals surface area contributed by atoms with Crippen LogP contribution in [-0.2, 0) is 6.42 Å². The zero-order valence-corrected chi connectivity index (χ0v) is 10.9. The molecule has 0 unspecified atom stereocenters. The molecule has 21 heavy (non-hydrogen) atoms. The van der Waals surface area contributed by atoms with Crippen LogP contribution in [0.15, 0.2) is 36.7 Å². The summed E-state index contributed by atoms with van der Waals surface area (Å²) in [5.41, 5.74) is 8.81. The molecule has 0 radical (unpaired) electrons. The van der Waals surface area contributed by atoms with E-state index in [-0.39, 0.29) is 17.3 Å². The van der Waals surface area contributed by atoms with Gasteiger partial charge in [-0.05, 0) is 17.5 Å². The number of hydrogen-bond acceptors (Lipinski definition) is 6. The van der Waals surface area contributed by atoms with Gasteiger partial charge in [-0.2, -0.15) is 4.98 Å². The van der Waals surface area contributed by atoms with Crippen LogP contribution in [0.1, 0.15) is 21.6 Å². The highest BCUT2D eigenvalue weighted by Gasteiger charge is 2.12. The van der Waals surface area contributed by atoms with Gasteiger partial charge >= 0.3 is 5.97 Å². The van der Waals surface area contributed by atoms with E-state index in [4.69, 9.17) is 10.8 Å². The molecule has 7 heteroatoms. The smallest absolute Gasteiger partial charge is 0.356 e. The van der Waals surface area contributed by atoms with Gasteiger partial charge in [-0.1, -0.05) is 24.3 Å². The fourth-order valence-electron chi connectivity index (χ4n) is 1.77. The average Bonchev–Trinajstić information content (AvgIpc) is 3.26. The predicted octanol–water partition coefficient (Wildman–Crippen LogP) is 1.29. The van der Waals surface area contributed by atoms with E-state index in [1.165, 1.54) is 23.7 Å². The first kappa shape index (κ1) is 12.9. The summed E-state index contributed by atoms with van der Waals surface area (Å²) < 4.78 is 0. The lowest BCUT2D eigenvalue weighted by atomic mass is 10.4. The second-order valence-corrected chi connectivity index (χ2v) is 4.44. The van der Waals surface area contributed by atoms with Gasteiger partial charge in [0.25, 0.3) is 0 Å². The van der Waals surface area contributed by atoms with Crippen LogP contribution in [0.3, 0.4) is 0 Å². The number of carboxylic acid groups (broad SMARTS) is 1. The highest BCUT2D eigenvalue weighted by Crippen LogP contribution is 2.25. The number of fused-ring (bicyclic) bond motifs is 2. The maximum absolute atomic E-state index is 10.5. The largest absolute Gasteiger partial charge is 0.476 e. The van der Waals surface area contributed by atoms with Crippen LogP contribution in [0.2, 0.25) is 0 Å². The van der Waals surface area contributed by atoms with E-state index in [0.717, 1.165) is 6.20 Å². The number of aromatic nitrogens is 4. The Morgan fingerprint density at radius 2 is 1.81 bits per heavy atom. The van der Waals surface area contributed by atoms with Gasteiger partial charge in [-0.15, -0.1) is 0 Å². The minimum atomic E-state index is -1.14. The number of carboxylic acids is 1. The fourth-order valence-corrected chi connectivity index (χ4v) is 1.77. The maximum Gasteiger partial charge on any atom is 0.356 e. The molecule has 1 aliphatic carbocycles. The van der Waals surface area contributed by atoms with E-state index in [0.29, 0.717) is 5.52 Å². The first-order valence-electron chi connectivity index (χ1n) is 6.19. The molecule has 3 aromatic rings. The van der Waals surface area contributed by atoms with E-state index in [9.17, 15) is 4.79 Å². The third-order valence-electron chi connectivity index (χ3n) is 2.91. The molecule has 3 N–H and O–H groups in total. The first-order valence-corrected chi connectivity index (χ1v) is 6.19. The summed E-state index contributed by atoms with van der Waals surface area (Å²) in [5.74, 6) is -1.06. The molecule has 2 heterocycles. The Morgan fingerprint density at radius 1 is 1.10 bits per heavy atom. The topological polar surface area (TPSA) is 115 Å². The Hall–Kier alpha value is -3.09. The van der Waals surface area contributed by atoms with Gasteiger partial charge in [-0.3, -0.25) is 0 Å². The molecular formula is C14H11N5O2. The lowest BCUT2D eigenvalue weighted by Crippen LogP contribution is -2.03. The Kier molecular flexibility index (Phi) is 3.15. The number of nitrogens with zero attached hydrogens (tertiary/aromatic N) is 4. The van der Waals surface area contributed by atoms with Crippen molar-refractivity contribution < 1.29 is 9.90 Å². The van der Waals surface area contributed by atoms with Crippen LogP contribution in [0.4, 0.5) is 5.95 Å². The molecule has 0 fully saturated rings. The Bertz CT molecular complexity index is 813. The van der Waals surface area contributed by atoms with Crippen molar-refractivity contribution in [3.8, 4) is 0 Å². The standard InChI is InChI=1S/C7H5N5O2.C7H6/c8-7-10-1-3-5(12-7)9-2-4(11-3)6(13)14;1-2-4-7-5-6(7)3-1/h1-2H,(H,13,14)(H2,8,9,10,12);1-4H,5H2. The van der Waals surface area contributed by atoms with Crippen LogP contribution >= 0.6 is 0 Å². The number of carbonyl (C=O) groups is 1. The second-order valence-electron chi connectivity index (χ2n) is 4.44. The summed E-state index contributed by atoms with van der Waals surface area (Å²) in [6.45, 7) is 0. The maximum atomic E-state index is 10.5. The van der Waals surface area contributed by atoms with Crippen LogP contribution < -0.4 is 5.73 Å². The van der Waals surface area contributed by atoms with E-state index >= 15 is 0 Å². The van der Waals surface area contributed by atoms with Crippen molar-refractivity contribution in [1.29, 1.82) is 0 Å². The monoisotopic (exact) mass is 281 g/mol. The van der Waals surface area contributed by atoms with Gasteiger partial charge in [0.1, 0.15) is 5.52 Å². The molecule has 1 aromatic carbocycles. The highest BCUT2D eigenvalue weighted by atomic mass is 16.4. The fraction of sp³-hybridized carbons (Fsp3) is 0.0714. The van der Waals surface area contributed by atoms with Gasteiger partial charge in [0, 0.05) is 0 Å².